The van der Waals surface area contributed by atoms with Crippen molar-refractivity contribution in [2.45, 2.75) is 6.10 Å². The number of piperazine rings is 1. The molecule has 0 saturated carbocycles. The molecule has 0 aromatic heterocycles. The molecule has 6 nitrogen and oxygen atoms in total. The molecule has 0 bridgehead atoms. The van der Waals surface area contributed by atoms with E-state index in [2.05, 4.69) is 6.58 Å². The highest BCUT2D eigenvalue weighted by Gasteiger charge is 2.33. The number of fused-ring (bicyclic) bond motifs is 1. The molecule has 0 N–H and O–H groups in total. The zero-order chi connectivity index (χ0) is 15.5. The number of ether oxygens (including phenoxy) is 2. The summed E-state index contributed by atoms with van der Waals surface area (Å²) in [4.78, 5) is 27.5. The molecule has 0 aliphatic carbocycles. The summed E-state index contributed by atoms with van der Waals surface area (Å²) in [6.07, 6.45) is 0.670. The summed E-state index contributed by atoms with van der Waals surface area (Å²) in [6, 6.07) is 7.31. The minimum atomic E-state index is -0.628. The molecule has 2 amide bonds. The maximum absolute atomic E-state index is 12.5. The monoisotopic (exact) mass is 302 g/mol. The molecule has 0 radical (unpaired) electrons. The van der Waals surface area contributed by atoms with Gasteiger partial charge < -0.3 is 19.3 Å². The largest absolute Gasteiger partial charge is 0.485 e. The van der Waals surface area contributed by atoms with Crippen LogP contribution in [0.2, 0.25) is 0 Å². The van der Waals surface area contributed by atoms with Gasteiger partial charge in [-0.1, -0.05) is 18.7 Å². The number of hydrogen-bond donors (Lipinski definition) is 0. The minimum absolute atomic E-state index is 0.0970. The van der Waals surface area contributed by atoms with Gasteiger partial charge in [-0.05, 0) is 18.2 Å². The summed E-state index contributed by atoms with van der Waals surface area (Å²) in [5.74, 6) is 1.05. The smallest absolute Gasteiger partial charge is 0.267 e. The fourth-order valence-electron chi connectivity index (χ4n) is 2.62. The second-order valence-corrected chi connectivity index (χ2v) is 5.22. The van der Waals surface area contributed by atoms with E-state index in [1.54, 1.807) is 15.9 Å². The molecule has 116 valence electrons. The van der Waals surface area contributed by atoms with Crippen molar-refractivity contribution in [3.05, 3.63) is 36.9 Å². The number of nitrogens with zero attached hydrogens (tertiary/aromatic N) is 2. The Kier molecular flexibility index (Phi) is 4.00. The summed E-state index contributed by atoms with van der Waals surface area (Å²) in [7, 11) is 0. The van der Waals surface area contributed by atoms with Crippen LogP contribution in [0.3, 0.4) is 0 Å². The second kappa shape index (κ2) is 6.09. The molecule has 3 rings (SSSR count). The third kappa shape index (κ3) is 2.77. The van der Waals surface area contributed by atoms with Crippen LogP contribution in [0.15, 0.2) is 36.9 Å². The molecule has 2 aliphatic heterocycles. The van der Waals surface area contributed by atoms with Crippen molar-refractivity contribution in [1.82, 2.24) is 9.80 Å². The zero-order valence-electron chi connectivity index (χ0n) is 12.2. The number of para-hydroxylation sites is 2. The number of hydrogen-bond acceptors (Lipinski definition) is 4. The fourth-order valence-corrected chi connectivity index (χ4v) is 2.62. The lowest BCUT2D eigenvalue weighted by Crippen LogP contribution is -2.54. The Morgan fingerprint density at radius 2 is 1.73 bits per heavy atom. The molecule has 1 saturated heterocycles. The summed E-state index contributed by atoms with van der Waals surface area (Å²) in [5, 5.41) is 0. The van der Waals surface area contributed by atoms with Gasteiger partial charge in [-0.3, -0.25) is 9.59 Å². The van der Waals surface area contributed by atoms with Crippen LogP contribution in [0.5, 0.6) is 11.5 Å². The van der Waals surface area contributed by atoms with Crippen molar-refractivity contribution in [2.24, 2.45) is 0 Å². The Labute approximate surface area is 128 Å². The van der Waals surface area contributed by atoms with E-state index >= 15 is 0 Å². The third-order valence-electron chi connectivity index (χ3n) is 3.86. The topological polar surface area (TPSA) is 59.1 Å². The van der Waals surface area contributed by atoms with Gasteiger partial charge in [0.2, 0.25) is 12.0 Å². The summed E-state index contributed by atoms with van der Waals surface area (Å²) in [6.45, 7) is 5.72. The van der Waals surface area contributed by atoms with E-state index in [0.717, 1.165) is 0 Å². The van der Waals surface area contributed by atoms with Gasteiger partial charge >= 0.3 is 0 Å². The molecular formula is C16H18N2O4. The maximum atomic E-state index is 12.5. The lowest BCUT2D eigenvalue weighted by molar-refractivity contribution is -0.145. The van der Waals surface area contributed by atoms with E-state index in [0.29, 0.717) is 37.7 Å². The molecule has 1 aromatic rings. The minimum Gasteiger partial charge on any atom is -0.485 e. The Hall–Kier alpha value is -2.50. The fraction of sp³-hybridized carbons (Fsp3) is 0.375. The second-order valence-electron chi connectivity index (χ2n) is 5.22. The van der Waals surface area contributed by atoms with Crippen molar-refractivity contribution in [1.29, 1.82) is 0 Å². The van der Waals surface area contributed by atoms with Crippen molar-refractivity contribution < 1.29 is 19.1 Å². The van der Waals surface area contributed by atoms with Gasteiger partial charge in [0.25, 0.3) is 5.91 Å². The van der Waals surface area contributed by atoms with Gasteiger partial charge in [0.15, 0.2) is 11.5 Å². The first-order valence-electron chi connectivity index (χ1n) is 7.27. The Balaban J connectivity index is 1.59. The van der Waals surface area contributed by atoms with Crippen LogP contribution in [0, 0.1) is 0 Å². The van der Waals surface area contributed by atoms with Crippen LogP contribution in [-0.2, 0) is 9.59 Å². The van der Waals surface area contributed by atoms with Crippen LogP contribution in [-0.4, -0.2) is 60.5 Å². The average Bonchev–Trinajstić information content (AvgIpc) is 2.60. The molecular weight excluding hydrogens is 284 g/mol. The molecule has 2 heterocycles. The van der Waals surface area contributed by atoms with Crippen LogP contribution >= 0.6 is 0 Å². The first-order valence-corrected chi connectivity index (χ1v) is 7.27. The van der Waals surface area contributed by atoms with Crippen LogP contribution in [0.4, 0.5) is 0 Å². The van der Waals surface area contributed by atoms with Crippen LogP contribution in [0.25, 0.3) is 0 Å². The van der Waals surface area contributed by atoms with E-state index in [4.69, 9.17) is 9.47 Å². The highest BCUT2D eigenvalue weighted by Crippen LogP contribution is 2.31. The summed E-state index contributed by atoms with van der Waals surface area (Å²) >= 11 is 0. The molecule has 1 aromatic carbocycles. The molecule has 6 heteroatoms. The number of carbonyl (C=O) groups excluding carboxylic acids is 2. The number of rotatable bonds is 2. The van der Waals surface area contributed by atoms with E-state index < -0.39 is 6.10 Å². The van der Waals surface area contributed by atoms with Gasteiger partial charge in [-0.15, -0.1) is 0 Å². The predicted molar refractivity (Wildman–Crippen MR) is 79.7 cm³/mol. The quantitative estimate of drug-likeness (QED) is 0.754. The van der Waals surface area contributed by atoms with Gasteiger partial charge in [0.1, 0.15) is 6.61 Å². The van der Waals surface area contributed by atoms with Crippen molar-refractivity contribution >= 4 is 11.8 Å². The molecule has 0 spiro atoms. The average molecular weight is 302 g/mol. The van der Waals surface area contributed by atoms with Crippen molar-refractivity contribution in [2.75, 3.05) is 32.8 Å². The van der Waals surface area contributed by atoms with Gasteiger partial charge in [0, 0.05) is 26.2 Å². The van der Waals surface area contributed by atoms with Crippen molar-refractivity contribution in [3.63, 3.8) is 0 Å². The molecule has 1 fully saturated rings. The number of amides is 2. The van der Waals surface area contributed by atoms with E-state index in [1.165, 1.54) is 6.08 Å². The molecule has 1 atom stereocenters. The predicted octanol–water partition coefficient (Wildman–Crippen LogP) is 0.683. The van der Waals surface area contributed by atoms with E-state index in [-0.39, 0.29) is 18.4 Å². The van der Waals surface area contributed by atoms with Gasteiger partial charge in [0.05, 0.1) is 0 Å². The standard InChI is InChI=1S/C16H18N2O4/c1-2-15(19)17-7-9-18(10-8-17)16(20)14-11-21-12-5-3-4-6-13(12)22-14/h2-6,14H,1,7-11H2/t14-/m0/s1. The highest BCUT2D eigenvalue weighted by atomic mass is 16.6. The highest BCUT2D eigenvalue weighted by molar-refractivity contribution is 5.87. The summed E-state index contributed by atoms with van der Waals surface area (Å²) in [5.41, 5.74) is 0. The van der Waals surface area contributed by atoms with Crippen LogP contribution < -0.4 is 9.47 Å². The molecule has 0 unspecified atom stereocenters. The number of carbonyl (C=O) groups is 2. The lowest BCUT2D eigenvalue weighted by Gasteiger charge is -2.36. The third-order valence-corrected chi connectivity index (χ3v) is 3.86. The van der Waals surface area contributed by atoms with Gasteiger partial charge in [-0.2, -0.15) is 0 Å². The van der Waals surface area contributed by atoms with Crippen LogP contribution in [0.1, 0.15) is 0 Å². The Bertz CT molecular complexity index is 594. The first kappa shape index (κ1) is 14.4. The van der Waals surface area contributed by atoms with E-state index in [9.17, 15) is 9.59 Å². The summed E-state index contributed by atoms with van der Waals surface area (Å²) < 4.78 is 11.3. The Morgan fingerprint density at radius 3 is 2.41 bits per heavy atom. The van der Waals surface area contributed by atoms with Crippen molar-refractivity contribution in [3.8, 4) is 11.5 Å². The first-order chi connectivity index (χ1) is 10.7. The lowest BCUT2D eigenvalue weighted by atomic mass is 10.2. The number of benzene rings is 1. The molecule has 22 heavy (non-hydrogen) atoms. The molecule has 2 aliphatic rings. The SMILES string of the molecule is C=CC(=O)N1CCN(C(=O)[C@@H]2COc3ccccc3O2)CC1. The normalized spacial score (nSPS) is 20.5. The van der Waals surface area contributed by atoms with Gasteiger partial charge in [-0.25, -0.2) is 0 Å². The zero-order valence-corrected chi connectivity index (χ0v) is 12.2. The van der Waals surface area contributed by atoms with E-state index in [1.807, 2.05) is 18.2 Å². The maximum Gasteiger partial charge on any atom is 0.267 e. The Morgan fingerprint density at radius 1 is 1.09 bits per heavy atom.